The van der Waals surface area contributed by atoms with Gasteiger partial charge in [-0.1, -0.05) is 18.5 Å². The van der Waals surface area contributed by atoms with Crippen molar-refractivity contribution >= 4 is 34.7 Å². The third kappa shape index (κ3) is 9.65. The number of alkyl halides is 2. The molecule has 0 atom stereocenters. The van der Waals surface area contributed by atoms with Gasteiger partial charge in [-0.3, -0.25) is 9.69 Å². The number of benzene rings is 1. The van der Waals surface area contributed by atoms with E-state index in [-0.39, 0.29) is 42.0 Å². The van der Waals surface area contributed by atoms with Gasteiger partial charge in [0.2, 0.25) is 5.91 Å². The van der Waals surface area contributed by atoms with E-state index in [1.165, 1.54) is 31.5 Å². The molecule has 0 fully saturated rings. The van der Waals surface area contributed by atoms with E-state index in [4.69, 9.17) is 16.3 Å². The van der Waals surface area contributed by atoms with Crippen molar-refractivity contribution in [1.29, 1.82) is 0 Å². The number of methoxy groups -OCH3 is 1. The molecule has 3 rings (SSSR count). The van der Waals surface area contributed by atoms with Crippen LogP contribution in [0.2, 0.25) is 5.02 Å². The van der Waals surface area contributed by atoms with Crippen LogP contribution in [0.4, 0.5) is 30.4 Å². The Balaban J connectivity index is 1.61. The Kier molecular flexibility index (Phi) is 10.8. The van der Waals surface area contributed by atoms with Crippen LogP contribution in [-0.4, -0.2) is 71.7 Å². The molecule has 0 radical (unpaired) electrons. The molecule has 1 aromatic carbocycles. The molecule has 2 aromatic heterocycles. The van der Waals surface area contributed by atoms with Crippen molar-refractivity contribution in [3.05, 3.63) is 53.4 Å². The van der Waals surface area contributed by atoms with Crippen LogP contribution in [-0.2, 0) is 4.79 Å². The van der Waals surface area contributed by atoms with Crippen molar-refractivity contribution in [3.8, 4) is 17.1 Å². The Morgan fingerprint density at radius 2 is 1.95 bits per heavy atom. The number of nitrogens with zero attached hydrogens (tertiary/aromatic N) is 4. The zero-order valence-electron chi connectivity index (χ0n) is 21.9. The summed E-state index contributed by atoms with van der Waals surface area (Å²) in [4.78, 5) is 18.2. The molecule has 3 N–H and O–H groups in total. The first-order chi connectivity index (χ1) is 18.6. The molecular formula is C26H31ClF3N7O2. The molecule has 9 nitrogen and oxygen atoms in total. The second-order valence-electron chi connectivity index (χ2n) is 8.90. The van der Waals surface area contributed by atoms with Crippen LogP contribution in [0.25, 0.3) is 11.3 Å². The summed E-state index contributed by atoms with van der Waals surface area (Å²) < 4.78 is 46.3. The molecule has 0 aliphatic carbocycles. The van der Waals surface area contributed by atoms with Gasteiger partial charge in [0.1, 0.15) is 17.3 Å². The number of hydrogen-bond donors (Lipinski definition) is 3. The molecule has 0 saturated heterocycles. The number of ether oxygens (including phenoxy) is 1. The van der Waals surface area contributed by atoms with E-state index in [0.29, 0.717) is 36.0 Å². The summed E-state index contributed by atoms with van der Waals surface area (Å²) >= 11 is 6.01. The maximum absolute atomic E-state index is 14.4. The van der Waals surface area contributed by atoms with Crippen molar-refractivity contribution in [1.82, 2.24) is 25.4 Å². The van der Waals surface area contributed by atoms with Gasteiger partial charge in [0, 0.05) is 48.5 Å². The highest BCUT2D eigenvalue weighted by molar-refractivity contribution is 6.30. The molecular weight excluding hydrogens is 535 g/mol. The molecule has 1 amide bonds. The van der Waals surface area contributed by atoms with Gasteiger partial charge >= 0.3 is 0 Å². The number of anilines is 3. The number of amides is 1. The number of pyridine rings is 1. The van der Waals surface area contributed by atoms with Gasteiger partial charge in [-0.2, -0.15) is 0 Å². The summed E-state index contributed by atoms with van der Waals surface area (Å²) in [6.45, 7) is 3.80. The number of hydrogen-bond acceptors (Lipinski definition) is 8. The summed E-state index contributed by atoms with van der Waals surface area (Å²) in [5.41, 5.74) is 1.37. The predicted octanol–water partition coefficient (Wildman–Crippen LogP) is 4.98. The van der Waals surface area contributed by atoms with Crippen molar-refractivity contribution < 1.29 is 22.7 Å². The summed E-state index contributed by atoms with van der Waals surface area (Å²) in [5.74, 6) is -3.17. The Labute approximate surface area is 230 Å². The van der Waals surface area contributed by atoms with Gasteiger partial charge in [0.25, 0.3) is 11.8 Å². The minimum Gasteiger partial charge on any atom is -0.478 e. The minimum absolute atomic E-state index is 0.0154. The molecule has 0 unspecified atom stereocenters. The first kappa shape index (κ1) is 30.1. The second-order valence-corrected chi connectivity index (χ2v) is 9.34. The first-order valence-electron chi connectivity index (χ1n) is 12.3. The molecule has 0 saturated carbocycles. The van der Waals surface area contributed by atoms with Gasteiger partial charge in [0.15, 0.2) is 0 Å². The van der Waals surface area contributed by atoms with E-state index in [2.05, 4.69) is 31.1 Å². The van der Waals surface area contributed by atoms with Gasteiger partial charge in [-0.15, -0.1) is 10.2 Å². The topological polar surface area (TPSA) is 104 Å². The summed E-state index contributed by atoms with van der Waals surface area (Å²) in [6.07, 6.45) is 2.25. The molecule has 39 heavy (non-hydrogen) atoms. The lowest BCUT2D eigenvalue weighted by atomic mass is 10.1. The van der Waals surface area contributed by atoms with Crippen LogP contribution in [0.15, 0.2) is 42.6 Å². The van der Waals surface area contributed by atoms with Crippen LogP contribution in [0, 0.1) is 5.82 Å². The average Bonchev–Trinajstić information content (AvgIpc) is 2.87. The van der Waals surface area contributed by atoms with E-state index < -0.39 is 11.7 Å². The average molecular weight is 566 g/mol. The van der Waals surface area contributed by atoms with Gasteiger partial charge in [-0.25, -0.2) is 18.2 Å². The normalized spacial score (nSPS) is 11.5. The standard InChI is InChI=1S/C26H31ClF3N7O2/c1-4-10-37(16-26(2,29)30)11-9-31-15-24(38)34-23-13-18(7-8-32-23)33-22-14-21(35-36-25(22)39-3)19-12-17(27)5-6-20(19)28/h5-8,12-14,31H,4,9-11,15-16H2,1-3H3,(H2,32,33,34,35,38). The third-order valence-corrected chi connectivity index (χ3v) is 5.63. The molecule has 0 aliphatic heterocycles. The van der Waals surface area contributed by atoms with Crippen molar-refractivity contribution in [2.24, 2.45) is 0 Å². The first-order valence-corrected chi connectivity index (χ1v) is 12.7. The smallest absolute Gasteiger partial charge is 0.257 e. The zero-order valence-corrected chi connectivity index (χ0v) is 22.7. The Bertz CT molecular complexity index is 1260. The monoisotopic (exact) mass is 565 g/mol. The molecule has 210 valence electrons. The molecule has 0 bridgehead atoms. The fraction of sp³-hybridized carbons (Fsp3) is 0.385. The van der Waals surface area contributed by atoms with Gasteiger partial charge in [-0.05, 0) is 43.3 Å². The molecule has 0 spiro atoms. The number of nitrogens with one attached hydrogen (secondary N) is 3. The number of carbonyl (C=O) groups excluding carboxylic acids is 1. The Morgan fingerprint density at radius 1 is 1.15 bits per heavy atom. The third-order valence-electron chi connectivity index (χ3n) is 5.40. The van der Waals surface area contributed by atoms with Crippen LogP contribution in [0.3, 0.4) is 0 Å². The quantitative estimate of drug-likeness (QED) is 0.235. The number of carbonyl (C=O) groups is 1. The number of aromatic nitrogens is 3. The number of rotatable bonds is 14. The van der Waals surface area contributed by atoms with Crippen molar-refractivity contribution in [2.45, 2.75) is 26.2 Å². The Morgan fingerprint density at radius 3 is 2.67 bits per heavy atom. The lowest BCUT2D eigenvalue weighted by molar-refractivity contribution is -0.115. The van der Waals surface area contributed by atoms with E-state index >= 15 is 0 Å². The number of halogens is 4. The van der Waals surface area contributed by atoms with E-state index in [1.807, 2.05) is 6.92 Å². The summed E-state index contributed by atoms with van der Waals surface area (Å²) in [7, 11) is 1.43. The second kappa shape index (κ2) is 14.1. The Hall–Kier alpha value is -3.48. The van der Waals surface area contributed by atoms with Crippen LogP contribution in [0.5, 0.6) is 5.88 Å². The molecule has 3 aromatic rings. The van der Waals surface area contributed by atoms with Crippen LogP contribution < -0.4 is 20.7 Å². The maximum Gasteiger partial charge on any atom is 0.257 e. The largest absolute Gasteiger partial charge is 0.478 e. The highest BCUT2D eigenvalue weighted by Crippen LogP contribution is 2.31. The molecule has 0 aliphatic rings. The lowest BCUT2D eigenvalue weighted by Crippen LogP contribution is -2.41. The van der Waals surface area contributed by atoms with Crippen LogP contribution in [0.1, 0.15) is 20.3 Å². The van der Waals surface area contributed by atoms with Crippen molar-refractivity contribution in [3.63, 3.8) is 0 Å². The van der Waals surface area contributed by atoms with E-state index in [0.717, 1.165) is 13.3 Å². The summed E-state index contributed by atoms with van der Waals surface area (Å²) in [6, 6.07) is 8.97. The van der Waals surface area contributed by atoms with E-state index in [1.54, 1.807) is 23.1 Å². The fourth-order valence-corrected chi connectivity index (χ4v) is 3.96. The highest BCUT2D eigenvalue weighted by Gasteiger charge is 2.24. The van der Waals surface area contributed by atoms with Crippen LogP contribution >= 0.6 is 11.6 Å². The lowest BCUT2D eigenvalue weighted by Gasteiger charge is -2.25. The minimum atomic E-state index is -2.78. The highest BCUT2D eigenvalue weighted by atomic mass is 35.5. The van der Waals surface area contributed by atoms with Gasteiger partial charge in [0.05, 0.1) is 25.9 Å². The predicted molar refractivity (Wildman–Crippen MR) is 145 cm³/mol. The molecule has 2 heterocycles. The SMILES string of the molecule is CCCN(CCNCC(=O)Nc1cc(Nc2cc(-c3cc(Cl)ccc3F)nnc2OC)ccn1)CC(C)(F)F. The maximum atomic E-state index is 14.4. The van der Waals surface area contributed by atoms with Gasteiger partial charge < -0.3 is 20.7 Å². The molecule has 13 heteroatoms. The zero-order chi connectivity index (χ0) is 28.4. The van der Waals surface area contributed by atoms with Crippen molar-refractivity contribution in [2.75, 3.05) is 50.5 Å². The summed E-state index contributed by atoms with van der Waals surface area (Å²) in [5, 5.41) is 17.2. The van der Waals surface area contributed by atoms with E-state index in [9.17, 15) is 18.0 Å². The fourth-order valence-electron chi connectivity index (χ4n) is 3.78.